The van der Waals surface area contributed by atoms with E-state index in [0.717, 1.165) is 35.0 Å². The van der Waals surface area contributed by atoms with Crippen LogP contribution in [0.2, 0.25) is 0 Å². The first-order valence-corrected chi connectivity index (χ1v) is 8.98. The van der Waals surface area contributed by atoms with Gasteiger partial charge in [-0.05, 0) is 31.9 Å². The average molecular weight is 330 g/mol. The van der Waals surface area contributed by atoms with Gasteiger partial charge in [-0.25, -0.2) is 4.98 Å². The predicted octanol–water partition coefficient (Wildman–Crippen LogP) is 4.88. The van der Waals surface area contributed by atoms with E-state index in [9.17, 15) is 4.79 Å². The molecule has 1 amide bonds. The van der Waals surface area contributed by atoms with E-state index >= 15 is 0 Å². The number of rotatable bonds is 3. The molecule has 1 aromatic heterocycles. The van der Waals surface area contributed by atoms with Gasteiger partial charge in [0.2, 0.25) is 0 Å². The van der Waals surface area contributed by atoms with Gasteiger partial charge < -0.3 is 5.32 Å². The van der Waals surface area contributed by atoms with E-state index in [4.69, 9.17) is 4.98 Å². The molecule has 1 saturated carbocycles. The molecule has 126 valence electrons. The minimum absolute atomic E-state index is 0.0128. The van der Waals surface area contributed by atoms with Crippen LogP contribution in [0.5, 0.6) is 0 Å². The second-order valence-electron chi connectivity index (χ2n) is 6.89. The molecule has 1 fully saturated rings. The zero-order valence-corrected chi connectivity index (χ0v) is 14.5. The van der Waals surface area contributed by atoms with Gasteiger partial charge in [0.15, 0.2) is 0 Å². The maximum absolute atomic E-state index is 12.9. The lowest BCUT2D eigenvalue weighted by Gasteiger charge is -2.14. The Hall–Kier alpha value is -2.68. The molecule has 0 bridgehead atoms. The Labute approximate surface area is 148 Å². The Bertz CT molecular complexity index is 909. The third-order valence-corrected chi connectivity index (χ3v) is 5.00. The molecule has 1 heterocycles. The normalized spacial score (nSPS) is 14.8. The van der Waals surface area contributed by atoms with Crippen LogP contribution in [-0.4, -0.2) is 16.9 Å². The van der Waals surface area contributed by atoms with Gasteiger partial charge >= 0.3 is 0 Å². The maximum Gasteiger partial charge on any atom is 0.252 e. The van der Waals surface area contributed by atoms with Crippen LogP contribution in [0.1, 0.15) is 41.6 Å². The van der Waals surface area contributed by atoms with E-state index in [1.54, 1.807) is 0 Å². The van der Waals surface area contributed by atoms with Crippen molar-refractivity contribution in [2.24, 2.45) is 0 Å². The molecule has 0 atom stereocenters. The summed E-state index contributed by atoms with van der Waals surface area (Å²) in [5.74, 6) is 0.0128. The molecule has 4 rings (SSSR count). The Kier molecular flexibility index (Phi) is 4.22. The summed E-state index contributed by atoms with van der Waals surface area (Å²) in [5, 5.41) is 4.12. The molecule has 3 heteroatoms. The maximum atomic E-state index is 12.9. The van der Waals surface area contributed by atoms with Crippen molar-refractivity contribution in [3.05, 3.63) is 65.7 Å². The van der Waals surface area contributed by atoms with Crippen LogP contribution >= 0.6 is 0 Å². The third kappa shape index (κ3) is 3.27. The van der Waals surface area contributed by atoms with Crippen LogP contribution in [0.15, 0.2) is 54.6 Å². The number of aryl methyl sites for hydroxylation is 1. The van der Waals surface area contributed by atoms with Crippen molar-refractivity contribution in [3.8, 4) is 11.3 Å². The number of hydrogen-bond donors (Lipinski definition) is 1. The van der Waals surface area contributed by atoms with Crippen molar-refractivity contribution in [2.45, 2.75) is 38.6 Å². The van der Waals surface area contributed by atoms with E-state index in [-0.39, 0.29) is 5.91 Å². The van der Waals surface area contributed by atoms with Crippen molar-refractivity contribution in [3.63, 3.8) is 0 Å². The van der Waals surface area contributed by atoms with Gasteiger partial charge in [0.25, 0.3) is 5.91 Å². The number of aromatic nitrogens is 1. The molecular weight excluding hydrogens is 308 g/mol. The smallest absolute Gasteiger partial charge is 0.252 e. The summed E-state index contributed by atoms with van der Waals surface area (Å²) in [7, 11) is 0. The van der Waals surface area contributed by atoms with Gasteiger partial charge in [-0.2, -0.15) is 0 Å². The molecule has 0 radical (unpaired) electrons. The van der Waals surface area contributed by atoms with Gasteiger partial charge in [0.1, 0.15) is 0 Å². The zero-order chi connectivity index (χ0) is 17.2. The number of carbonyl (C=O) groups excluding carboxylic acids is 1. The molecule has 3 nitrogen and oxygen atoms in total. The standard InChI is InChI=1S/C22H22N2O/c1-15-10-12-16(13-11-15)21-14-19(18-8-4-5-9-20(18)24-21)22(25)23-17-6-2-3-7-17/h4-5,8-14,17H,2-3,6-7H2,1H3,(H,23,25). The Balaban J connectivity index is 1.78. The minimum atomic E-state index is 0.0128. The summed E-state index contributed by atoms with van der Waals surface area (Å²) < 4.78 is 0. The summed E-state index contributed by atoms with van der Waals surface area (Å²) >= 11 is 0. The predicted molar refractivity (Wildman–Crippen MR) is 102 cm³/mol. The van der Waals surface area contributed by atoms with Crippen LogP contribution in [0.4, 0.5) is 0 Å². The van der Waals surface area contributed by atoms with Crippen molar-refractivity contribution >= 4 is 16.8 Å². The third-order valence-electron chi connectivity index (χ3n) is 5.00. The van der Waals surface area contributed by atoms with E-state index in [1.807, 2.05) is 30.3 Å². The monoisotopic (exact) mass is 330 g/mol. The van der Waals surface area contributed by atoms with Crippen LogP contribution in [0.25, 0.3) is 22.2 Å². The van der Waals surface area contributed by atoms with E-state index in [0.29, 0.717) is 11.6 Å². The number of pyridine rings is 1. The second-order valence-corrected chi connectivity index (χ2v) is 6.89. The minimum Gasteiger partial charge on any atom is -0.349 e. The van der Waals surface area contributed by atoms with Gasteiger partial charge in [-0.1, -0.05) is 60.9 Å². The zero-order valence-electron chi connectivity index (χ0n) is 14.5. The highest BCUT2D eigenvalue weighted by atomic mass is 16.1. The van der Waals surface area contributed by atoms with Crippen molar-refractivity contribution < 1.29 is 4.79 Å². The lowest BCUT2D eigenvalue weighted by Crippen LogP contribution is -2.32. The SMILES string of the molecule is Cc1ccc(-c2cc(C(=O)NC3CCCC3)c3ccccc3n2)cc1. The number of para-hydroxylation sites is 1. The Morgan fingerprint density at radius 1 is 1.04 bits per heavy atom. The first-order chi connectivity index (χ1) is 12.2. The molecule has 1 aliphatic rings. The lowest BCUT2D eigenvalue weighted by atomic mass is 10.0. The summed E-state index contributed by atoms with van der Waals surface area (Å²) in [6.07, 6.45) is 4.58. The van der Waals surface area contributed by atoms with Gasteiger partial charge in [0.05, 0.1) is 16.8 Å². The molecule has 1 aliphatic carbocycles. The van der Waals surface area contributed by atoms with Crippen LogP contribution in [-0.2, 0) is 0 Å². The Morgan fingerprint density at radius 3 is 2.52 bits per heavy atom. The van der Waals surface area contributed by atoms with Crippen molar-refractivity contribution in [1.82, 2.24) is 10.3 Å². The highest BCUT2D eigenvalue weighted by Gasteiger charge is 2.20. The van der Waals surface area contributed by atoms with E-state index in [2.05, 4.69) is 36.5 Å². The number of nitrogens with one attached hydrogen (secondary N) is 1. The quantitative estimate of drug-likeness (QED) is 0.743. The van der Waals surface area contributed by atoms with Crippen LogP contribution < -0.4 is 5.32 Å². The second kappa shape index (κ2) is 6.67. The largest absolute Gasteiger partial charge is 0.349 e. The molecule has 0 aliphatic heterocycles. The molecule has 0 spiro atoms. The first kappa shape index (κ1) is 15.8. The number of carbonyl (C=O) groups is 1. The topological polar surface area (TPSA) is 42.0 Å². The molecular formula is C22H22N2O. The molecule has 1 N–H and O–H groups in total. The summed E-state index contributed by atoms with van der Waals surface area (Å²) in [6, 6.07) is 18.4. The number of benzene rings is 2. The summed E-state index contributed by atoms with van der Waals surface area (Å²) in [6.45, 7) is 2.07. The van der Waals surface area contributed by atoms with Gasteiger partial charge in [-0.3, -0.25) is 4.79 Å². The fourth-order valence-electron chi connectivity index (χ4n) is 3.57. The molecule has 2 aromatic carbocycles. The molecule has 25 heavy (non-hydrogen) atoms. The average Bonchev–Trinajstić information content (AvgIpc) is 3.14. The highest BCUT2D eigenvalue weighted by molar-refractivity contribution is 6.07. The highest BCUT2D eigenvalue weighted by Crippen LogP contribution is 2.26. The van der Waals surface area contributed by atoms with Crippen molar-refractivity contribution in [2.75, 3.05) is 0 Å². The number of hydrogen-bond acceptors (Lipinski definition) is 2. The van der Waals surface area contributed by atoms with Gasteiger partial charge in [0, 0.05) is 17.0 Å². The van der Waals surface area contributed by atoms with E-state index in [1.165, 1.54) is 18.4 Å². The molecule has 0 saturated heterocycles. The van der Waals surface area contributed by atoms with Crippen LogP contribution in [0.3, 0.4) is 0 Å². The fourth-order valence-corrected chi connectivity index (χ4v) is 3.57. The van der Waals surface area contributed by atoms with E-state index < -0.39 is 0 Å². The molecule has 3 aromatic rings. The van der Waals surface area contributed by atoms with Crippen LogP contribution in [0, 0.1) is 6.92 Å². The summed E-state index contributed by atoms with van der Waals surface area (Å²) in [5.41, 5.74) is 4.66. The number of nitrogens with zero attached hydrogens (tertiary/aromatic N) is 1. The number of fused-ring (bicyclic) bond motifs is 1. The van der Waals surface area contributed by atoms with Crippen molar-refractivity contribution in [1.29, 1.82) is 0 Å². The Morgan fingerprint density at radius 2 is 1.76 bits per heavy atom. The lowest BCUT2D eigenvalue weighted by molar-refractivity contribution is 0.0939. The fraction of sp³-hybridized carbons (Fsp3) is 0.273. The number of amides is 1. The summed E-state index contributed by atoms with van der Waals surface area (Å²) in [4.78, 5) is 17.7. The first-order valence-electron chi connectivity index (χ1n) is 8.98. The van der Waals surface area contributed by atoms with Gasteiger partial charge in [-0.15, -0.1) is 0 Å². The molecule has 0 unspecified atom stereocenters.